The first-order chi connectivity index (χ1) is 12.6. The van der Waals surface area contributed by atoms with Crippen LogP contribution in [0.1, 0.15) is 29.8 Å². The molecule has 6 nitrogen and oxygen atoms in total. The molecule has 2 aromatic rings. The molecule has 0 radical (unpaired) electrons. The Morgan fingerprint density at radius 2 is 2.27 bits per heavy atom. The van der Waals surface area contributed by atoms with E-state index in [9.17, 15) is 0 Å². The molecule has 3 rings (SSSR count). The van der Waals surface area contributed by atoms with Gasteiger partial charge in [0.05, 0.1) is 36.8 Å². The lowest BCUT2D eigenvalue weighted by molar-refractivity contribution is 0.114. The third-order valence-electron chi connectivity index (χ3n) is 4.60. The second-order valence-corrected chi connectivity index (χ2v) is 6.93. The van der Waals surface area contributed by atoms with E-state index in [0.717, 1.165) is 54.4 Å². The van der Waals surface area contributed by atoms with E-state index in [1.807, 2.05) is 36.7 Å². The van der Waals surface area contributed by atoms with Gasteiger partial charge in [-0.25, -0.2) is 0 Å². The van der Waals surface area contributed by atoms with Gasteiger partial charge in [0, 0.05) is 13.2 Å². The lowest BCUT2D eigenvalue weighted by Gasteiger charge is -2.14. The smallest absolute Gasteiger partial charge is 0.170 e. The minimum absolute atomic E-state index is 0.257. The largest absolute Gasteiger partial charge is 0.497 e. The van der Waals surface area contributed by atoms with Crippen LogP contribution in [0.2, 0.25) is 0 Å². The first kappa shape index (κ1) is 18.7. The van der Waals surface area contributed by atoms with Crippen LogP contribution in [-0.2, 0) is 11.3 Å². The fourth-order valence-corrected chi connectivity index (χ4v) is 3.33. The van der Waals surface area contributed by atoms with Gasteiger partial charge >= 0.3 is 0 Å². The van der Waals surface area contributed by atoms with Gasteiger partial charge in [-0.15, -0.1) is 0 Å². The summed E-state index contributed by atoms with van der Waals surface area (Å²) >= 11 is 5.43. The van der Waals surface area contributed by atoms with E-state index in [4.69, 9.17) is 21.7 Å². The molecule has 1 aromatic heterocycles. The Labute approximate surface area is 159 Å². The highest BCUT2D eigenvalue weighted by atomic mass is 32.1. The molecule has 1 aliphatic rings. The average molecular weight is 375 g/mol. The fraction of sp³-hybridized carbons (Fsp3) is 0.474. The van der Waals surface area contributed by atoms with Crippen molar-refractivity contribution in [3.8, 4) is 5.75 Å². The van der Waals surface area contributed by atoms with Gasteiger partial charge in [-0.1, -0.05) is 12.1 Å². The highest BCUT2D eigenvalue weighted by Crippen LogP contribution is 2.21. The van der Waals surface area contributed by atoms with E-state index in [2.05, 4.69) is 21.8 Å². The van der Waals surface area contributed by atoms with Crippen LogP contribution in [0.5, 0.6) is 5.75 Å². The Balaban J connectivity index is 1.64. The molecule has 7 heteroatoms. The van der Waals surface area contributed by atoms with Gasteiger partial charge in [-0.2, -0.15) is 5.10 Å². The average Bonchev–Trinajstić information content (AvgIpc) is 3.24. The first-order valence-corrected chi connectivity index (χ1v) is 9.31. The van der Waals surface area contributed by atoms with Crippen molar-refractivity contribution in [3.63, 3.8) is 0 Å². The van der Waals surface area contributed by atoms with Gasteiger partial charge in [-0.3, -0.25) is 4.68 Å². The Kier molecular flexibility index (Phi) is 6.11. The highest BCUT2D eigenvalue weighted by Gasteiger charge is 2.17. The molecule has 0 unspecified atom stereocenters. The predicted molar refractivity (Wildman–Crippen MR) is 107 cm³/mol. The maximum Gasteiger partial charge on any atom is 0.170 e. The SMILES string of the molecule is COc1cccc(Cn2nc(C)c(NC(=S)NC[C@H]3CCCO3)c2C)c1. The van der Waals surface area contributed by atoms with Crippen molar-refractivity contribution in [2.45, 2.75) is 39.3 Å². The molecule has 26 heavy (non-hydrogen) atoms. The fourth-order valence-electron chi connectivity index (χ4n) is 3.15. The van der Waals surface area contributed by atoms with E-state index >= 15 is 0 Å². The Morgan fingerprint density at radius 1 is 1.42 bits per heavy atom. The van der Waals surface area contributed by atoms with Crippen molar-refractivity contribution in [1.82, 2.24) is 15.1 Å². The van der Waals surface area contributed by atoms with E-state index < -0.39 is 0 Å². The summed E-state index contributed by atoms with van der Waals surface area (Å²) in [4.78, 5) is 0. The lowest BCUT2D eigenvalue weighted by Crippen LogP contribution is -2.35. The van der Waals surface area contributed by atoms with Gasteiger partial charge in [-0.05, 0) is 56.6 Å². The molecule has 1 aliphatic heterocycles. The number of ether oxygens (including phenoxy) is 2. The molecule has 0 spiro atoms. The van der Waals surface area contributed by atoms with E-state index in [0.29, 0.717) is 11.7 Å². The van der Waals surface area contributed by atoms with Gasteiger partial charge in [0.15, 0.2) is 5.11 Å². The number of aryl methyl sites for hydroxylation is 1. The number of anilines is 1. The topological polar surface area (TPSA) is 60.3 Å². The van der Waals surface area contributed by atoms with E-state index in [1.54, 1.807) is 7.11 Å². The molecule has 1 atom stereocenters. The number of nitrogens with zero attached hydrogens (tertiary/aromatic N) is 2. The number of benzene rings is 1. The van der Waals surface area contributed by atoms with Gasteiger partial charge in [0.2, 0.25) is 0 Å². The van der Waals surface area contributed by atoms with Crippen molar-refractivity contribution >= 4 is 23.0 Å². The zero-order valence-corrected chi connectivity index (χ0v) is 16.4. The molecule has 1 fully saturated rings. The minimum Gasteiger partial charge on any atom is -0.497 e. The molecule has 0 aliphatic carbocycles. The molecular weight excluding hydrogens is 348 g/mol. The molecular formula is C19H26N4O2S. The molecule has 0 bridgehead atoms. The Morgan fingerprint density at radius 3 is 3.00 bits per heavy atom. The summed E-state index contributed by atoms with van der Waals surface area (Å²) in [6, 6.07) is 8.02. The van der Waals surface area contributed by atoms with Crippen LogP contribution in [0.25, 0.3) is 0 Å². The maximum atomic E-state index is 5.61. The number of aromatic nitrogens is 2. The van der Waals surface area contributed by atoms with Gasteiger partial charge in [0.25, 0.3) is 0 Å². The van der Waals surface area contributed by atoms with Crippen molar-refractivity contribution in [2.75, 3.05) is 25.6 Å². The summed E-state index contributed by atoms with van der Waals surface area (Å²) in [5.41, 5.74) is 4.07. The number of thiocarbonyl (C=S) groups is 1. The second-order valence-electron chi connectivity index (χ2n) is 6.53. The predicted octanol–water partition coefficient (Wildman–Crippen LogP) is 3.02. The van der Waals surface area contributed by atoms with Crippen LogP contribution in [-0.4, -0.2) is 41.3 Å². The summed E-state index contributed by atoms with van der Waals surface area (Å²) in [7, 11) is 1.68. The zero-order valence-electron chi connectivity index (χ0n) is 15.5. The quantitative estimate of drug-likeness (QED) is 0.758. The van der Waals surface area contributed by atoms with Crippen LogP contribution >= 0.6 is 12.2 Å². The molecule has 2 N–H and O–H groups in total. The van der Waals surface area contributed by atoms with Crippen LogP contribution in [0, 0.1) is 13.8 Å². The summed E-state index contributed by atoms with van der Waals surface area (Å²) < 4.78 is 12.9. The Hall–Kier alpha value is -2.12. The lowest BCUT2D eigenvalue weighted by atomic mass is 10.2. The molecule has 1 aromatic carbocycles. The molecule has 140 valence electrons. The summed E-state index contributed by atoms with van der Waals surface area (Å²) in [6.45, 7) is 6.30. The maximum absolute atomic E-state index is 5.61. The molecule has 2 heterocycles. The van der Waals surface area contributed by atoms with Gasteiger partial charge in [0.1, 0.15) is 5.75 Å². The monoisotopic (exact) mass is 374 g/mol. The van der Waals surface area contributed by atoms with Crippen molar-refractivity contribution in [1.29, 1.82) is 0 Å². The molecule has 1 saturated heterocycles. The highest BCUT2D eigenvalue weighted by molar-refractivity contribution is 7.80. The van der Waals surface area contributed by atoms with Crippen molar-refractivity contribution in [3.05, 3.63) is 41.2 Å². The Bertz CT molecular complexity index is 769. The standard InChI is InChI=1S/C19H26N4O2S/c1-13-18(21-19(26)20-11-17-8-5-9-25-17)14(2)23(22-13)12-15-6-4-7-16(10-15)24-3/h4,6-7,10,17H,5,8-9,11-12H2,1-3H3,(H2,20,21,26)/t17-/m1/s1. The summed E-state index contributed by atoms with van der Waals surface area (Å²) in [5, 5.41) is 11.8. The minimum atomic E-state index is 0.257. The van der Waals surface area contributed by atoms with Crippen LogP contribution < -0.4 is 15.4 Å². The third kappa shape index (κ3) is 4.53. The number of hydrogen-bond donors (Lipinski definition) is 2. The second kappa shape index (κ2) is 8.51. The number of methoxy groups -OCH3 is 1. The normalized spacial score (nSPS) is 16.5. The van der Waals surface area contributed by atoms with Crippen LogP contribution in [0.15, 0.2) is 24.3 Å². The number of nitrogens with one attached hydrogen (secondary N) is 2. The van der Waals surface area contributed by atoms with Crippen LogP contribution in [0.3, 0.4) is 0 Å². The third-order valence-corrected chi connectivity index (χ3v) is 4.85. The number of rotatable bonds is 6. The molecule has 0 saturated carbocycles. The first-order valence-electron chi connectivity index (χ1n) is 8.90. The molecule has 0 amide bonds. The summed E-state index contributed by atoms with van der Waals surface area (Å²) in [5.74, 6) is 0.849. The van der Waals surface area contributed by atoms with E-state index in [1.165, 1.54) is 0 Å². The number of hydrogen-bond acceptors (Lipinski definition) is 4. The zero-order chi connectivity index (χ0) is 18.5. The van der Waals surface area contributed by atoms with Gasteiger partial charge < -0.3 is 20.1 Å². The van der Waals surface area contributed by atoms with E-state index in [-0.39, 0.29) is 6.10 Å². The van der Waals surface area contributed by atoms with Crippen molar-refractivity contribution in [2.24, 2.45) is 0 Å². The summed E-state index contributed by atoms with van der Waals surface area (Å²) in [6.07, 6.45) is 2.47. The van der Waals surface area contributed by atoms with Crippen LogP contribution in [0.4, 0.5) is 5.69 Å². The van der Waals surface area contributed by atoms with Crippen molar-refractivity contribution < 1.29 is 9.47 Å².